The summed E-state index contributed by atoms with van der Waals surface area (Å²) in [5, 5.41) is 0.599. The summed E-state index contributed by atoms with van der Waals surface area (Å²) in [4.78, 5) is 19.4. The first-order valence-corrected chi connectivity index (χ1v) is 15.3. The predicted molar refractivity (Wildman–Crippen MR) is 155 cm³/mol. The van der Waals surface area contributed by atoms with Crippen LogP contribution in [0.1, 0.15) is 11.1 Å². The van der Waals surface area contributed by atoms with Gasteiger partial charge in [0.15, 0.2) is 32.3 Å². The van der Waals surface area contributed by atoms with Gasteiger partial charge < -0.3 is 19.1 Å². The van der Waals surface area contributed by atoms with Gasteiger partial charge in [0.2, 0.25) is 0 Å². The van der Waals surface area contributed by atoms with Gasteiger partial charge in [-0.25, -0.2) is 8.42 Å². The van der Waals surface area contributed by atoms with E-state index in [0.29, 0.717) is 44.4 Å². The number of amidine groups is 1. The number of ether oxygens (including phenoxy) is 3. The third-order valence-electron chi connectivity index (χ3n) is 6.49. The molecule has 0 spiro atoms. The fourth-order valence-corrected chi connectivity index (χ4v) is 8.82. The average Bonchev–Trinajstić information content (AvgIpc) is 3.35. The van der Waals surface area contributed by atoms with Crippen LogP contribution in [-0.2, 0) is 21.1 Å². The van der Waals surface area contributed by atoms with Crippen LogP contribution in [0, 0.1) is 6.92 Å². The normalized spacial score (nSPS) is 20.6. The maximum Gasteiger partial charge on any atom is 0.252 e. The van der Waals surface area contributed by atoms with Crippen LogP contribution in [-0.4, -0.2) is 56.5 Å². The van der Waals surface area contributed by atoms with Crippen molar-refractivity contribution in [3.63, 3.8) is 0 Å². The van der Waals surface area contributed by atoms with E-state index >= 15 is 0 Å². The number of carbonyl (C=O) groups excluding carboxylic acids is 1. The third kappa shape index (κ3) is 6.03. The molecule has 0 N–H and O–H groups in total. The van der Waals surface area contributed by atoms with Crippen LogP contribution < -0.4 is 19.1 Å². The molecule has 0 bridgehead atoms. The van der Waals surface area contributed by atoms with E-state index in [4.69, 9.17) is 25.8 Å². The van der Waals surface area contributed by atoms with Crippen molar-refractivity contribution in [3.8, 4) is 23.0 Å². The quantitative estimate of drug-likeness (QED) is 0.368. The Morgan fingerprint density at radius 1 is 1.03 bits per heavy atom. The lowest BCUT2D eigenvalue weighted by Crippen LogP contribution is -2.38. The van der Waals surface area contributed by atoms with Gasteiger partial charge in [0.25, 0.3) is 5.91 Å². The molecule has 0 radical (unpaired) electrons. The average molecular weight is 587 g/mol. The largest absolute Gasteiger partial charge is 0.493 e. The zero-order valence-corrected chi connectivity index (χ0v) is 24.0. The maximum absolute atomic E-state index is 13.2. The number of methoxy groups -OCH3 is 2. The Bertz CT molecular complexity index is 1560. The van der Waals surface area contributed by atoms with Crippen molar-refractivity contribution >= 4 is 50.0 Å². The Morgan fingerprint density at radius 2 is 1.79 bits per heavy atom. The molecule has 8 nitrogen and oxygen atoms in total. The zero-order chi connectivity index (χ0) is 27.7. The van der Waals surface area contributed by atoms with Crippen LogP contribution in [0.25, 0.3) is 0 Å². The van der Waals surface area contributed by atoms with Crippen molar-refractivity contribution < 1.29 is 27.4 Å². The number of amides is 1. The first-order chi connectivity index (χ1) is 18.7. The van der Waals surface area contributed by atoms with E-state index < -0.39 is 15.9 Å². The minimum atomic E-state index is -3.25. The Morgan fingerprint density at radius 3 is 2.54 bits per heavy atom. The minimum Gasteiger partial charge on any atom is -0.493 e. The van der Waals surface area contributed by atoms with Crippen molar-refractivity contribution in [2.24, 2.45) is 4.99 Å². The van der Waals surface area contributed by atoms with Crippen LogP contribution in [0.15, 0.2) is 65.7 Å². The molecule has 11 heteroatoms. The van der Waals surface area contributed by atoms with Gasteiger partial charge in [-0.3, -0.25) is 4.79 Å². The smallest absolute Gasteiger partial charge is 0.252 e. The van der Waals surface area contributed by atoms with Crippen LogP contribution in [0.4, 0.5) is 5.69 Å². The highest BCUT2D eigenvalue weighted by Crippen LogP contribution is 2.45. The van der Waals surface area contributed by atoms with Gasteiger partial charge in [0.1, 0.15) is 5.75 Å². The molecule has 39 heavy (non-hydrogen) atoms. The van der Waals surface area contributed by atoms with E-state index in [0.717, 1.165) is 5.56 Å². The second kappa shape index (κ2) is 11.1. The molecule has 5 rings (SSSR count). The van der Waals surface area contributed by atoms with E-state index in [-0.39, 0.29) is 29.1 Å². The molecule has 0 saturated carbocycles. The molecular weight excluding hydrogens is 560 g/mol. The van der Waals surface area contributed by atoms with Gasteiger partial charge in [0.05, 0.1) is 43.9 Å². The van der Waals surface area contributed by atoms with Crippen molar-refractivity contribution in [3.05, 3.63) is 76.8 Å². The minimum absolute atomic E-state index is 0.0103. The van der Waals surface area contributed by atoms with Gasteiger partial charge >= 0.3 is 0 Å². The number of hydrogen-bond donors (Lipinski definition) is 0. The SMILES string of the molecule is COc1ccc(CC(=O)N=C2S[C@@H]3CS(=O)(=O)C[C@@H]3N2c2cc(Cl)ccc2Oc2cccc(C)c2)cc1OC. The molecule has 0 unspecified atom stereocenters. The fraction of sp³-hybridized carbons (Fsp3) is 0.286. The summed E-state index contributed by atoms with van der Waals surface area (Å²) in [6.45, 7) is 1.97. The molecular formula is C28H27ClN2O6S2. The molecule has 2 aliphatic rings. The van der Waals surface area contributed by atoms with Crippen molar-refractivity contribution in [2.45, 2.75) is 24.6 Å². The topological polar surface area (TPSA) is 94.5 Å². The predicted octanol–water partition coefficient (Wildman–Crippen LogP) is 5.30. The lowest BCUT2D eigenvalue weighted by Gasteiger charge is -2.27. The number of thioether (sulfide) groups is 1. The maximum atomic E-state index is 13.2. The second-order valence-electron chi connectivity index (χ2n) is 9.36. The van der Waals surface area contributed by atoms with Gasteiger partial charge in [0, 0.05) is 10.3 Å². The number of aliphatic imine (C=N–C) groups is 1. The summed E-state index contributed by atoms with van der Waals surface area (Å²) in [6, 6.07) is 17.6. The number of carbonyl (C=O) groups is 1. The van der Waals surface area contributed by atoms with Crippen molar-refractivity contribution in [1.82, 2.24) is 0 Å². The zero-order valence-electron chi connectivity index (χ0n) is 21.6. The van der Waals surface area contributed by atoms with E-state index in [9.17, 15) is 13.2 Å². The molecule has 3 aromatic rings. The monoisotopic (exact) mass is 586 g/mol. The number of benzene rings is 3. The summed E-state index contributed by atoms with van der Waals surface area (Å²) in [5.41, 5.74) is 2.30. The number of sulfone groups is 1. The highest BCUT2D eigenvalue weighted by molar-refractivity contribution is 8.16. The molecule has 2 atom stereocenters. The molecule has 0 aromatic heterocycles. The summed E-state index contributed by atoms with van der Waals surface area (Å²) < 4.78 is 42.0. The standard InChI is InChI=1S/C28H27ClN2O6S2/c1-17-5-4-6-20(11-17)37-23-10-8-19(29)14-21(23)31-22-15-39(33,34)16-26(22)38-28(31)30-27(32)13-18-7-9-24(35-2)25(12-18)36-3/h4-12,14,22,26H,13,15-16H2,1-3H3/t22-,26+/m0/s1. The van der Waals surface area contributed by atoms with Crippen LogP contribution in [0.5, 0.6) is 23.0 Å². The highest BCUT2D eigenvalue weighted by atomic mass is 35.5. The number of fused-ring (bicyclic) bond motifs is 1. The first-order valence-electron chi connectivity index (χ1n) is 12.2. The van der Waals surface area contributed by atoms with E-state index in [1.807, 2.05) is 31.2 Å². The Labute approximate surface area is 236 Å². The van der Waals surface area contributed by atoms with E-state index in [1.54, 1.807) is 48.4 Å². The van der Waals surface area contributed by atoms with Crippen molar-refractivity contribution in [2.75, 3.05) is 30.6 Å². The lowest BCUT2D eigenvalue weighted by molar-refractivity contribution is -0.117. The number of aryl methyl sites for hydroxylation is 1. The van der Waals surface area contributed by atoms with E-state index in [1.165, 1.54) is 18.9 Å². The Hall–Kier alpha value is -3.21. The molecule has 2 fully saturated rings. The van der Waals surface area contributed by atoms with Crippen LogP contribution >= 0.6 is 23.4 Å². The molecule has 204 valence electrons. The third-order valence-corrected chi connectivity index (χ3v) is 9.93. The van der Waals surface area contributed by atoms with Gasteiger partial charge in [-0.1, -0.05) is 41.6 Å². The van der Waals surface area contributed by atoms with Gasteiger partial charge in [-0.2, -0.15) is 4.99 Å². The number of halogens is 1. The molecule has 2 saturated heterocycles. The fourth-order valence-electron chi connectivity index (χ4n) is 4.73. The second-order valence-corrected chi connectivity index (χ2v) is 13.2. The molecule has 2 aliphatic heterocycles. The molecule has 1 amide bonds. The van der Waals surface area contributed by atoms with Crippen LogP contribution in [0.3, 0.4) is 0 Å². The summed E-state index contributed by atoms with van der Waals surface area (Å²) in [6.07, 6.45) is 0.0358. The van der Waals surface area contributed by atoms with Crippen molar-refractivity contribution in [1.29, 1.82) is 0 Å². The number of nitrogens with zero attached hydrogens (tertiary/aromatic N) is 2. The molecule has 2 heterocycles. The Kier molecular flexibility index (Phi) is 7.80. The highest BCUT2D eigenvalue weighted by Gasteiger charge is 2.50. The summed E-state index contributed by atoms with van der Waals surface area (Å²) in [7, 11) is -0.172. The van der Waals surface area contributed by atoms with Crippen LogP contribution in [0.2, 0.25) is 5.02 Å². The first kappa shape index (κ1) is 27.4. The summed E-state index contributed by atoms with van der Waals surface area (Å²) in [5.74, 6) is 1.78. The number of hydrogen-bond acceptors (Lipinski definition) is 7. The van der Waals surface area contributed by atoms with E-state index in [2.05, 4.69) is 4.99 Å². The molecule has 3 aromatic carbocycles. The Balaban J connectivity index is 1.50. The molecule has 0 aliphatic carbocycles. The lowest BCUT2D eigenvalue weighted by atomic mass is 10.1. The number of rotatable bonds is 7. The van der Waals surface area contributed by atoms with Gasteiger partial charge in [-0.15, -0.1) is 0 Å². The number of anilines is 1. The summed E-state index contributed by atoms with van der Waals surface area (Å²) >= 11 is 7.70. The van der Waals surface area contributed by atoms with Gasteiger partial charge in [-0.05, 0) is 60.5 Å².